The van der Waals surface area contributed by atoms with Gasteiger partial charge in [-0.05, 0) is 37.9 Å². The molecule has 6 heteroatoms. The molecule has 0 fully saturated rings. The number of aromatic nitrogens is 1. The summed E-state index contributed by atoms with van der Waals surface area (Å²) in [5.41, 5.74) is 2.25. The maximum absolute atomic E-state index is 12.7. The van der Waals surface area contributed by atoms with E-state index in [1.54, 1.807) is 26.3 Å². The van der Waals surface area contributed by atoms with Crippen LogP contribution in [0.2, 0.25) is 0 Å². The van der Waals surface area contributed by atoms with Gasteiger partial charge in [-0.2, -0.15) is 0 Å². The van der Waals surface area contributed by atoms with Gasteiger partial charge in [0.25, 0.3) is 0 Å². The lowest BCUT2D eigenvalue weighted by atomic mass is 9.98. The Balaban J connectivity index is 2.06. The van der Waals surface area contributed by atoms with Gasteiger partial charge in [0.05, 0.1) is 23.8 Å². The molecule has 0 aliphatic carbocycles. The Bertz CT molecular complexity index is 1270. The number of carbonyl (C=O) groups is 1. The van der Waals surface area contributed by atoms with Crippen LogP contribution >= 0.6 is 0 Å². The number of esters is 1. The monoisotopic (exact) mass is 389 g/mol. The number of hydrogen-bond acceptors (Lipinski definition) is 5. The van der Waals surface area contributed by atoms with E-state index >= 15 is 0 Å². The number of furan rings is 1. The fourth-order valence-electron chi connectivity index (χ4n) is 3.51. The van der Waals surface area contributed by atoms with Crippen molar-refractivity contribution in [2.75, 3.05) is 6.61 Å². The number of aryl methyl sites for hydroxylation is 2. The van der Waals surface area contributed by atoms with E-state index in [1.165, 1.54) is 0 Å². The third-order valence-corrected chi connectivity index (χ3v) is 4.88. The van der Waals surface area contributed by atoms with Gasteiger partial charge in [-0.1, -0.05) is 24.3 Å². The van der Waals surface area contributed by atoms with Crippen molar-refractivity contribution in [2.45, 2.75) is 20.8 Å². The molecule has 0 saturated carbocycles. The predicted molar refractivity (Wildman–Crippen MR) is 111 cm³/mol. The Kier molecular flexibility index (Phi) is 4.76. The van der Waals surface area contributed by atoms with Crippen molar-refractivity contribution >= 4 is 39.7 Å². The number of hydrogen-bond donors (Lipinski definition) is 2. The predicted octanol–water partition coefficient (Wildman–Crippen LogP) is 3.31. The third kappa shape index (κ3) is 3.12. The molecule has 2 aromatic heterocycles. The molecule has 2 heterocycles. The lowest BCUT2D eigenvalue weighted by Crippen LogP contribution is -2.62. The molecule has 0 saturated heterocycles. The fourth-order valence-corrected chi connectivity index (χ4v) is 3.51. The number of ether oxygens (including phenoxy) is 1. The summed E-state index contributed by atoms with van der Waals surface area (Å²) >= 11 is 0. The van der Waals surface area contributed by atoms with Crippen molar-refractivity contribution in [1.29, 1.82) is 0 Å². The summed E-state index contributed by atoms with van der Waals surface area (Å²) < 4.78 is 11.2. The molecule has 0 bridgehead atoms. The molecule has 0 aliphatic rings. The average Bonchev–Trinajstić information content (AvgIpc) is 3.06. The Morgan fingerprint density at radius 2 is 1.97 bits per heavy atom. The maximum atomic E-state index is 12.7. The smallest absolute Gasteiger partial charge is 0.342 e. The number of pyridine rings is 1. The van der Waals surface area contributed by atoms with Crippen LogP contribution in [0.25, 0.3) is 21.7 Å². The first-order valence-corrected chi connectivity index (χ1v) is 9.38. The summed E-state index contributed by atoms with van der Waals surface area (Å²) in [6, 6.07) is 11.2. The molecule has 6 nitrogen and oxygen atoms in total. The van der Waals surface area contributed by atoms with E-state index in [1.807, 2.05) is 43.3 Å². The Labute approximate surface area is 167 Å². The van der Waals surface area contributed by atoms with Crippen LogP contribution in [0.3, 0.4) is 0 Å². The summed E-state index contributed by atoms with van der Waals surface area (Å²) in [7, 11) is 0. The van der Waals surface area contributed by atoms with Crippen LogP contribution in [0, 0.1) is 13.8 Å². The van der Waals surface area contributed by atoms with Gasteiger partial charge in [0.15, 0.2) is 0 Å². The van der Waals surface area contributed by atoms with E-state index in [0.717, 1.165) is 10.9 Å². The number of phenolic OH excluding ortho intramolecular Hbond substituents is 1. The molecule has 29 heavy (non-hydrogen) atoms. The van der Waals surface area contributed by atoms with Crippen molar-refractivity contribution in [3.05, 3.63) is 65.0 Å². The summed E-state index contributed by atoms with van der Waals surface area (Å²) in [6.07, 6.45) is 3.34. The molecule has 2 aromatic carbocycles. The van der Waals surface area contributed by atoms with Gasteiger partial charge in [0, 0.05) is 16.3 Å². The lowest BCUT2D eigenvalue weighted by molar-refractivity contribution is -0.352. The highest BCUT2D eigenvalue weighted by atomic mass is 16.5. The molecule has 0 amide bonds. The minimum absolute atomic E-state index is 0.0560. The molecule has 0 aliphatic heterocycles. The lowest BCUT2D eigenvalue weighted by Gasteiger charge is -2.07. The van der Waals surface area contributed by atoms with Crippen LogP contribution in [0.15, 0.2) is 47.0 Å². The van der Waals surface area contributed by atoms with Gasteiger partial charge >= 0.3 is 11.8 Å². The highest BCUT2D eigenvalue weighted by molar-refractivity contribution is 6.20. The SMILES string of the molecule is CCOC(=O)c1c(C)oc2c1c(C=[NH+]c1ncccc1C)c(O)c1ccccc12. The van der Waals surface area contributed by atoms with Gasteiger partial charge in [0.1, 0.15) is 28.9 Å². The van der Waals surface area contributed by atoms with Crippen molar-refractivity contribution in [1.82, 2.24) is 4.98 Å². The quantitative estimate of drug-likeness (QED) is 0.413. The molecule has 0 spiro atoms. The van der Waals surface area contributed by atoms with Crippen LogP contribution in [0.5, 0.6) is 5.75 Å². The van der Waals surface area contributed by atoms with Crippen LogP contribution < -0.4 is 4.99 Å². The van der Waals surface area contributed by atoms with E-state index in [4.69, 9.17) is 9.15 Å². The molecule has 0 unspecified atom stereocenters. The van der Waals surface area contributed by atoms with E-state index in [0.29, 0.717) is 39.1 Å². The van der Waals surface area contributed by atoms with E-state index in [2.05, 4.69) is 9.98 Å². The van der Waals surface area contributed by atoms with Crippen molar-refractivity contribution in [3.63, 3.8) is 0 Å². The molecular weight excluding hydrogens is 368 g/mol. The zero-order valence-electron chi connectivity index (χ0n) is 16.4. The van der Waals surface area contributed by atoms with Crippen LogP contribution in [0.4, 0.5) is 5.82 Å². The second-order valence-corrected chi connectivity index (χ2v) is 6.72. The zero-order valence-corrected chi connectivity index (χ0v) is 16.4. The molecule has 0 atom stereocenters. The average molecular weight is 389 g/mol. The fraction of sp³-hybridized carbons (Fsp3) is 0.174. The summed E-state index contributed by atoms with van der Waals surface area (Å²) in [4.78, 5) is 20.1. The molecule has 4 aromatic rings. The topological polar surface area (TPSA) is 86.5 Å². The number of carbonyl (C=O) groups excluding carboxylic acids is 1. The highest BCUT2D eigenvalue weighted by Gasteiger charge is 2.26. The van der Waals surface area contributed by atoms with Gasteiger partial charge in [-0.15, -0.1) is 0 Å². The standard InChI is InChI=1S/C23H20N2O4/c1-4-28-23(27)18-14(3)29-21-16-10-6-5-9-15(16)20(26)17(19(18)21)12-25-22-13(2)8-7-11-24-22/h5-12,26H,4H2,1-3H3/p+1. The van der Waals surface area contributed by atoms with Gasteiger partial charge in [-0.25, -0.2) is 9.79 Å². The second-order valence-electron chi connectivity index (χ2n) is 6.72. The van der Waals surface area contributed by atoms with Crippen molar-refractivity contribution < 1.29 is 24.0 Å². The largest absolute Gasteiger partial charge is 0.507 e. The molecular formula is C23H21N2O4+. The summed E-state index contributed by atoms with van der Waals surface area (Å²) in [6.45, 7) is 5.65. The first-order valence-electron chi connectivity index (χ1n) is 9.38. The van der Waals surface area contributed by atoms with Gasteiger partial charge in [-0.3, -0.25) is 0 Å². The van der Waals surface area contributed by atoms with Crippen molar-refractivity contribution in [2.24, 2.45) is 0 Å². The maximum Gasteiger partial charge on any atom is 0.342 e. The van der Waals surface area contributed by atoms with Crippen LogP contribution in [-0.4, -0.2) is 28.9 Å². The number of rotatable bonds is 4. The van der Waals surface area contributed by atoms with E-state index < -0.39 is 5.97 Å². The number of benzene rings is 2. The van der Waals surface area contributed by atoms with E-state index in [-0.39, 0.29) is 12.4 Å². The minimum atomic E-state index is -0.484. The number of nitrogens with zero attached hydrogens (tertiary/aromatic N) is 1. The minimum Gasteiger partial charge on any atom is -0.507 e. The van der Waals surface area contributed by atoms with Gasteiger partial charge < -0.3 is 14.3 Å². The number of nitrogens with one attached hydrogen (secondary N) is 1. The summed E-state index contributed by atoms with van der Waals surface area (Å²) in [5, 5.41) is 12.9. The number of fused-ring (bicyclic) bond motifs is 3. The zero-order chi connectivity index (χ0) is 20.5. The van der Waals surface area contributed by atoms with Crippen molar-refractivity contribution in [3.8, 4) is 5.75 Å². The molecule has 0 radical (unpaired) electrons. The van der Waals surface area contributed by atoms with Crippen LogP contribution in [-0.2, 0) is 4.74 Å². The molecule has 2 N–H and O–H groups in total. The third-order valence-electron chi connectivity index (χ3n) is 4.88. The highest BCUT2D eigenvalue weighted by Crippen LogP contribution is 2.40. The van der Waals surface area contributed by atoms with Crippen LogP contribution in [0.1, 0.15) is 34.2 Å². The summed E-state index contributed by atoms with van der Waals surface area (Å²) in [5.74, 6) is 0.673. The molecule has 146 valence electrons. The first-order chi connectivity index (χ1) is 14.0. The normalized spacial score (nSPS) is 11.6. The number of phenols is 1. The Morgan fingerprint density at radius 3 is 2.69 bits per heavy atom. The van der Waals surface area contributed by atoms with E-state index in [9.17, 15) is 9.90 Å². The van der Waals surface area contributed by atoms with Gasteiger partial charge in [0.2, 0.25) is 0 Å². The first kappa shape index (κ1) is 18.7. The molecule has 4 rings (SSSR count). The number of aromatic hydroxyl groups is 1. The Hall–Kier alpha value is -3.67. The Morgan fingerprint density at radius 1 is 1.21 bits per heavy atom. The second kappa shape index (κ2) is 7.39.